The van der Waals surface area contributed by atoms with Crippen molar-refractivity contribution in [1.82, 2.24) is 14.5 Å². The Morgan fingerprint density at radius 3 is 2.60 bits per heavy atom. The number of hydrogen-bond donors (Lipinski definition) is 1. The third-order valence-electron chi connectivity index (χ3n) is 2.89. The lowest BCUT2D eigenvalue weighted by molar-refractivity contribution is 0.0830. The lowest BCUT2D eigenvalue weighted by Crippen LogP contribution is -2.32. The van der Waals surface area contributed by atoms with Gasteiger partial charge < -0.3 is 4.90 Å². The predicted octanol–water partition coefficient (Wildman–Crippen LogP) is 1.11. The SMILES string of the molecule is CC(C)Cn1c(=O)[nH]c(=O)c2c(C(=O)N(C)C)csc21. The van der Waals surface area contributed by atoms with E-state index < -0.39 is 11.2 Å². The third kappa shape index (κ3) is 2.40. The van der Waals surface area contributed by atoms with Crippen molar-refractivity contribution < 1.29 is 4.79 Å². The van der Waals surface area contributed by atoms with Crippen molar-refractivity contribution in [2.24, 2.45) is 5.92 Å². The molecule has 2 heterocycles. The molecule has 2 aromatic heterocycles. The number of H-pyrrole nitrogens is 1. The Hall–Kier alpha value is -1.89. The van der Waals surface area contributed by atoms with Crippen molar-refractivity contribution in [1.29, 1.82) is 0 Å². The van der Waals surface area contributed by atoms with Crippen LogP contribution in [-0.4, -0.2) is 34.5 Å². The van der Waals surface area contributed by atoms with Gasteiger partial charge in [-0.1, -0.05) is 13.8 Å². The zero-order valence-corrected chi connectivity index (χ0v) is 12.7. The summed E-state index contributed by atoms with van der Waals surface area (Å²) in [4.78, 5) is 40.3. The highest BCUT2D eigenvalue weighted by molar-refractivity contribution is 7.17. The van der Waals surface area contributed by atoms with Crippen LogP contribution in [0.25, 0.3) is 10.2 Å². The van der Waals surface area contributed by atoms with Gasteiger partial charge in [-0.15, -0.1) is 11.3 Å². The number of aromatic amines is 1. The highest BCUT2D eigenvalue weighted by Gasteiger charge is 2.20. The van der Waals surface area contributed by atoms with Crippen LogP contribution < -0.4 is 11.2 Å². The van der Waals surface area contributed by atoms with E-state index in [0.29, 0.717) is 22.3 Å². The minimum Gasteiger partial charge on any atom is -0.345 e. The lowest BCUT2D eigenvalue weighted by atomic mass is 10.2. The number of nitrogens with zero attached hydrogens (tertiary/aromatic N) is 2. The van der Waals surface area contributed by atoms with Gasteiger partial charge in [0.25, 0.3) is 11.5 Å². The molecular weight excluding hydrogens is 278 g/mol. The topological polar surface area (TPSA) is 75.2 Å². The molecule has 2 rings (SSSR count). The van der Waals surface area contributed by atoms with E-state index in [0.717, 1.165) is 0 Å². The van der Waals surface area contributed by atoms with E-state index in [2.05, 4.69) is 4.98 Å². The van der Waals surface area contributed by atoms with Gasteiger partial charge in [-0.05, 0) is 5.92 Å². The summed E-state index contributed by atoms with van der Waals surface area (Å²) in [6, 6.07) is 0. The molecule has 7 heteroatoms. The van der Waals surface area contributed by atoms with Crippen LogP contribution in [0.1, 0.15) is 24.2 Å². The Labute approximate surface area is 119 Å². The number of aromatic nitrogens is 2. The fourth-order valence-corrected chi connectivity index (χ4v) is 3.07. The maximum atomic E-state index is 12.1. The van der Waals surface area contributed by atoms with Gasteiger partial charge in [0, 0.05) is 26.0 Å². The maximum absolute atomic E-state index is 12.1. The van der Waals surface area contributed by atoms with Crippen molar-refractivity contribution in [3.05, 3.63) is 31.8 Å². The molecule has 0 aliphatic heterocycles. The van der Waals surface area contributed by atoms with Gasteiger partial charge in [0.1, 0.15) is 4.83 Å². The molecule has 0 bridgehead atoms. The first-order chi connectivity index (χ1) is 9.32. The minimum absolute atomic E-state index is 0.239. The molecule has 2 aromatic rings. The number of carbonyl (C=O) groups is 1. The molecule has 108 valence electrons. The molecule has 0 fully saturated rings. The normalized spacial score (nSPS) is 11.2. The third-order valence-corrected chi connectivity index (χ3v) is 3.90. The van der Waals surface area contributed by atoms with Crippen molar-refractivity contribution in [3.8, 4) is 0 Å². The predicted molar refractivity (Wildman–Crippen MR) is 79.6 cm³/mol. The van der Waals surface area contributed by atoms with Crippen LogP contribution >= 0.6 is 11.3 Å². The zero-order chi connectivity index (χ0) is 15.0. The summed E-state index contributed by atoms with van der Waals surface area (Å²) in [5, 5.41) is 1.94. The van der Waals surface area contributed by atoms with Crippen LogP contribution in [0.15, 0.2) is 15.0 Å². The Bertz CT molecular complexity index is 767. The molecule has 0 unspecified atom stereocenters. The summed E-state index contributed by atoms with van der Waals surface area (Å²) >= 11 is 1.25. The highest BCUT2D eigenvalue weighted by atomic mass is 32.1. The van der Waals surface area contributed by atoms with E-state index in [9.17, 15) is 14.4 Å². The summed E-state index contributed by atoms with van der Waals surface area (Å²) in [6.45, 7) is 4.48. The molecule has 0 radical (unpaired) electrons. The molecule has 20 heavy (non-hydrogen) atoms. The van der Waals surface area contributed by atoms with E-state index >= 15 is 0 Å². The molecule has 6 nitrogen and oxygen atoms in total. The quantitative estimate of drug-likeness (QED) is 0.921. The highest BCUT2D eigenvalue weighted by Crippen LogP contribution is 2.23. The van der Waals surface area contributed by atoms with E-state index in [1.807, 2.05) is 13.8 Å². The number of nitrogens with one attached hydrogen (secondary N) is 1. The zero-order valence-electron chi connectivity index (χ0n) is 11.9. The summed E-state index contributed by atoms with van der Waals surface area (Å²) in [5.74, 6) is 0.0217. The van der Waals surface area contributed by atoms with E-state index in [4.69, 9.17) is 0 Å². The molecule has 0 spiro atoms. The molecule has 0 atom stereocenters. The average Bonchev–Trinajstić information content (AvgIpc) is 2.77. The first-order valence-corrected chi connectivity index (χ1v) is 7.16. The van der Waals surface area contributed by atoms with Crippen molar-refractivity contribution in [2.75, 3.05) is 14.1 Å². The first-order valence-electron chi connectivity index (χ1n) is 6.29. The Kier molecular flexibility index (Phi) is 3.80. The van der Waals surface area contributed by atoms with E-state index in [-0.39, 0.29) is 11.8 Å². The molecule has 1 N–H and O–H groups in total. The molecule has 0 saturated carbocycles. The molecular formula is C13H17N3O3S. The summed E-state index contributed by atoms with van der Waals surface area (Å²) in [5.41, 5.74) is -0.591. The first kappa shape index (κ1) is 14.5. The number of amides is 1. The van der Waals surface area contributed by atoms with Crippen molar-refractivity contribution in [3.63, 3.8) is 0 Å². The molecule has 0 aromatic carbocycles. The van der Waals surface area contributed by atoms with Crippen molar-refractivity contribution in [2.45, 2.75) is 20.4 Å². The summed E-state index contributed by atoms with van der Waals surface area (Å²) in [7, 11) is 3.26. The second-order valence-electron chi connectivity index (χ2n) is 5.29. The second kappa shape index (κ2) is 5.24. The number of rotatable bonds is 3. The van der Waals surface area contributed by atoms with Crippen LogP contribution in [0, 0.1) is 5.92 Å². The van der Waals surface area contributed by atoms with Crippen LogP contribution in [0.5, 0.6) is 0 Å². The Balaban J connectivity index is 2.77. The van der Waals surface area contributed by atoms with Gasteiger partial charge in [0.05, 0.1) is 10.9 Å². The number of hydrogen-bond acceptors (Lipinski definition) is 4. The van der Waals surface area contributed by atoms with Crippen molar-refractivity contribution >= 4 is 27.5 Å². The number of fused-ring (bicyclic) bond motifs is 1. The van der Waals surface area contributed by atoms with Gasteiger partial charge in [-0.2, -0.15) is 0 Å². The largest absolute Gasteiger partial charge is 0.345 e. The minimum atomic E-state index is -0.503. The van der Waals surface area contributed by atoms with E-state index in [1.165, 1.54) is 20.8 Å². The van der Waals surface area contributed by atoms with Gasteiger partial charge in [0.2, 0.25) is 0 Å². The van der Waals surface area contributed by atoms with Crippen LogP contribution in [-0.2, 0) is 6.54 Å². The average molecular weight is 295 g/mol. The fraction of sp³-hybridized carbons (Fsp3) is 0.462. The second-order valence-corrected chi connectivity index (χ2v) is 6.15. The van der Waals surface area contributed by atoms with Crippen LogP contribution in [0.2, 0.25) is 0 Å². The summed E-state index contributed by atoms with van der Waals surface area (Å²) < 4.78 is 1.53. The summed E-state index contributed by atoms with van der Waals surface area (Å²) in [6.07, 6.45) is 0. The Morgan fingerprint density at radius 1 is 1.40 bits per heavy atom. The lowest BCUT2D eigenvalue weighted by Gasteiger charge is -2.11. The molecule has 0 saturated heterocycles. The fourth-order valence-electron chi connectivity index (χ4n) is 2.01. The molecule has 0 aliphatic rings. The molecule has 0 aliphatic carbocycles. The van der Waals surface area contributed by atoms with Gasteiger partial charge in [-0.25, -0.2) is 4.79 Å². The van der Waals surface area contributed by atoms with Crippen LogP contribution in [0.4, 0.5) is 0 Å². The smallest absolute Gasteiger partial charge is 0.329 e. The Morgan fingerprint density at radius 2 is 2.05 bits per heavy atom. The van der Waals surface area contributed by atoms with Gasteiger partial charge in [-0.3, -0.25) is 19.1 Å². The standard InChI is InChI=1S/C13H17N3O3S/c1-7(2)5-16-12-9(10(17)14-13(16)19)8(6-20-12)11(18)15(3)4/h6-7H,5H2,1-4H3,(H,14,17,19). The molecule has 1 amide bonds. The number of thiophene rings is 1. The number of carbonyl (C=O) groups excluding carboxylic acids is 1. The van der Waals surface area contributed by atoms with Gasteiger partial charge in [0.15, 0.2) is 0 Å². The van der Waals surface area contributed by atoms with Crippen LogP contribution in [0.3, 0.4) is 0 Å². The van der Waals surface area contributed by atoms with Gasteiger partial charge >= 0.3 is 5.69 Å². The monoisotopic (exact) mass is 295 g/mol. The maximum Gasteiger partial charge on any atom is 0.329 e. The van der Waals surface area contributed by atoms with E-state index in [1.54, 1.807) is 19.5 Å².